The molecule has 6 heteroatoms. The van der Waals surface area contributed by atoms with Gasteiger partial charge in [0.25, 0.3) is 0 Å². The zero-order valence-electron chi connectivity index (χ0n) is 12.0. The van der Waals surface area contributed by atoms with Gasteiger partial charge in [0, 0.05) is 22.9 Å². The van der Waals surface area contributed by atoms with Gasteiger partial charge in [0.15, 0.2) is 0 Å². The number of aryl methyl sites for hydroxylation is 1. The van der Waals surface area contributed by atoms with Gasteiger partial charge < -0.3 is 10.4 Å². The van der Waals surface area contributed by atoms with Gasteiger partial charge in [-0.1, -0.05) is 36.9 Å². The number of fused-ring (bicyclic) bond motifs is 1. The summed E-state index contributed by atoms with van der Waals surface area (Å²) in [5, 5.41) is 3.17. The first-order valence-corrected chi connectivity index (χ1v) is 7.62. The molecule has 21 heavy (non-hydrogen) atoms. The summed E-state index contributed by atoms with van der Waals surface area (Å²) in [6.07, 6.45) is 0.773. The number of benzene rings is 1. The molecule has 0 aliphatic rings. The van der Waals surface area contributed by atoms with Crippen molar-refractivity contribution in [3.63, 3.8) is 0 Å². The standard InChI is InChI=1S/C15H17N5S/c1-3-12-18-14(20-16)9(2)15(19-12)21-13-8-10-6-4-5-7-11(10)17-13/h4-8,17H,3,16H2,1-2H3,(H,18,19,20). The van der Waals surface area contributed by atoms with Crippen molar-refractivity contribution in [2.45, 2.75) is 30.3 Å². The predicted octanol–water partition coefficient (Wildman–Crippen LogP) is 3.27. The smallest absolute Gasteiger partial charge is 0.147 e. The van der Waals surface area contributed by atoms with Gasteiger partial charge in [-0.05, 0) is 19.1 Å². The highest BCUT2D eigenvalue weighted by Gasteiger charge is 2.12. The number of hydrogen-bond acceptors (Lipinski definition) is 5. The number of aromatic amines is 1. The average Bonchev–Trinajstić information content (AvgIpc) is 2.91. The fourth-order valence-electron chi connectivity index (χ4n) is 2.14. The highest BCUT2D eigenvalue weighted by Crippen LogP contribution is 2.32. The number of hydrazine groups is 1. The van der Waals surface area contributed by atoms with Gasteiger partial charge >= 0.3 is 0 Å². The number of anilines is 1. The van der Waals surface area contributed by atoms with Gasteiger partial charge in [-0.3, -0.25) is 0 Å². The Labute approximate surface area is 127 Å². The molecule has 4 N–H and O–H groups in total. The van der Waals surface area contributed by atoms with E-state index in [-0.39, 0.29) is 0 Å². The van der Waals surface area contributed by atoms with Crippen LogP contribution in [-0.2, 0) is 6.42 Å². The minimum Gasteiger partial charge on any atom is -0.349 e. The SMILES string of the molecule is CCc1nc(NN)c(C)c(Sc2cc3ccccc3[nH]2)n1. The molecular formula is C15H17N5S. The Balaban J connectivity index is 2.00. The summed E-state index contributed by atoms with van der Waals surface area (Å²) in [4.78, 5) is 12.4. The molecule has 0 saturated heterocycles. The Morgan fingerprint density at radius 2 is 2.10 bits per heavy atom. The van der Waals surface area contributed by atoms with E-state index in [0.29, 0.717) is 5.82 Å². The lowest BCUT2D eigenvalue weighted by Crippen LogP contribution is -2.13. The molecule has 0 amide bonds. The summed E-state index contributed by atoms with van der Waals surface area (Å²) < 4.78 is 0. The van der Waals surface area contributed by atoms with Crippen molar-refractivity contribution in [2.75, 3.05) is 5.43 Å². The molecule has 0 unspecified atom stereocenters. The summed E-state index contributed by atoms with van der Waals surface area (Å²) in [6, 6.07) is 10.3. The largest absolute Gasteiger partial charge is 0.349 e. The van der Waals surface area contributed by atoms with Crippen LogP contribution in [0.3, 0.4) is 0 Å². The summed E-state index contributed by atoms with van der Waals surface area (Å²) in [5.74, 6) is 7.01. The average molecular weight is 299 g/mol. The van der Waals surface area contributed by atoms with E-state index in [1.807, 2.05) is 26.0 Å². The molecule has 0 aliphatic heterocycles. The Hall–Kier alpha value is -2.05. The molecule has 1 aromatic carbocycles. The molecule has 3 aromatic rings. The second-order valence-corrected chi connectivity index (χ2v) is 5.77. The number of H-pyrrole nitrogens is 1. The highest BCUT2D eigenvalue weighted by molar-refractivity contribution is 7.99. The minimum absolute atomic E-state index is 0.681. The van der Waals surface area contributed by atoms with Crippen molar-refractivity contribution in [1.82, 2.24) is 15.0 Å². The van der Waals surface area contributed by atoms with Gasteiger partial charge in [0.2, 0.25) is 0 Å². The fourth-order valence-corrected chi connectivity index (χ4v) is 3.10. The van der Waals surface area contributed by atoms with Crippen LogP contribution in [0.15, 0.2) is 40.4 Å². The normalized spacial score (nSPS) is 11.0. The lowest BCUT2D eigenvalue weighted by atomic mass is 10.3. The Morgan fingerprint density at radius 3 is 2.81 bits per heavy atom. The van der Waals surface area contributed by atoms with Crippen LogP contribution in [0.5, 0.6) is 0 Å². The molecule has 2 aromatic heterocycles. The van der Waals surface area contributed by atoms with Crippen LogP contribution in [0, 0.1) is 6.92 Å². The van der Waals surface area contributed by atoms with Crippen LogP contribution in [0.25, 0.3) is 10.9 Å². The third-order valence-electron chi connectivity index (χ3n) is 3.31. The van der Waals surface area contributed by atoms with Crippen molar-refractivity contribution in [1.29, 1.82) is 0 Å². The summed E-state index contributed by atoms with van der Waals surface area (Å²) in [5.41, 5.74) is 4.73. The van der Waals surface area contributed by atoms with Gasteiger partial charge in [-0.25, -0.2) is 15.8 Å². The van der Waals surface area contributed by atoms with Crippen LogP contribution < -0.4 is 11.3 Å². The topological polar surface area (TPSA) is 79.6 Å². The van der Waals surface area contributed by atoms with E-state index >= 15 is 0 Å². The van der Waals surface area contributed by atoms with E-state index in [0.717, 1.165) is 33.4 Å². The van der Waals surface area contributed by atoms with Crippen molar-refractivity contribution < 1.29 is 0 Å². The zero-order valence-corrected chi connectivity index (χ0v) is 12.8. The third-order valence-corrected chi connectivity index (χ3v) is 4.34. The van der Waals surface area contributed by atoms with Gasteiger partial charge in [0.1, 0.15) is 16.7 Å². The first kappa shape index (κ1) is 13.9. The molecule has 0 aliphatic carbocycles. The quantitative estimate of drug-likeness (QED) is 0.391. The van der Waals surface area contributed by atoms with Crippen LogP contribution >= 0.6 is 11.8 Å². The summed E-state index contributed by atoms with van der Waals surface area (Å²) in [7, 11) is 0. The zero-order chi connectivity index (χ0) is 14.8. The van der Waals surface area contributed by atoms with Crippen molar-refractivity contribution in [2.24, 2.45) is 5.84 Å². The van der Waals surface area contributed by atoms with E-state index in [1.165, 1.54) is 5.39 Å². The number of hydrogen-bond donors (Lipinski definition) is 3. The van der Waals surface area contributed by atoms with Crippen molar-refractivity contribution >= 4 is 28.5 Å². The summed E-state index contributed by atoms with van der Waals surface area (Å²) in [6.45, 7) is 4.00. The lowest BCUT2D eigenvalue weighted by Gasteiger charge is -2.10. The van der Waals surface area contributed by atoms with E-state index in [1.54, 1.807) is 11.8 Å². The Bertz CT molecular complexity index is 748. The molecule has 0 fully saturated rings. The lowest BCUT2D eigenvalue weighted by molar-refractivity contribution is 0.871. The maximum Gasteiger partial charge on any atom is 0.147 e. The van der Waals surface area contributed by atoms with Crippen LogP contribution in [0.2, 0.25) is 0 Å². The molecule has 2 heterocycles. The van der Waals surface area contributed by atoms with Crippen LogP contribution in [-0.4, -0.2) is 15.0 Å². The number of nitrogens with two attached hydrogens (primary N) is 1. The summed E-state index contributed by atoms with van der Waals surface area (Å²) >= 11 is 1.60. The molecule has 5 nitrogen and oxygen atoms in total. The van der Waals surface area contributed by atoms with E-state index in [9.17, 15) is 0 Å². The predicted molar refractivity (Wildman–Crippen MR) is 86.4 cm³/mol. The third kappa shape index (κ3) is 2.72. The molecule has 0 saturated carbocycles. The van der Waals surface area contributed by atoms with E-state index < -0.39 is 0 Å². The Morgan fingerprint density at radius 1 is 1.29 bits per heavy atom. The Kier molecular flexibility index (Phi) is 3.81. The van der Waals surface area contributed by atoms with Crippen molar-refractivity contribution in [3.05, 3.63) is 41.7 Å². The fraction of sp³-hybridized carbons (Fsp3) is 0.200. The van der Waals surface area contributed by atoms with E-state index in [2.05, 4.69) is 38.6 Å². The first-order valence-electron chi connectivity index (χ1n) is 6.81. The van der Waals surface area contributed by atoms with Gasteiger partial charge in [0.05, 0.1) is 5.03 Å². The minimum atomic E-state index is 0.681. The number of nitrogens with one attached hydrogen (secondary N) is 2. The number of nitrogen functional groups attached to an aromatic ring is 1. The highest BCUT2D eigenvalue weighted by atomic mass is 32.2. The first-order chi connectivity index (χ1) is 10.2. The molecule has 108 valence electrons. The number of para-hydroxylation sites is 1. The molecule has 0 bridgehead atoms. The van der Waals surface area contributed by atoms with Crippen LogP contribution in [0.1, 0.15) is 18.3 Å². The second kappa shape index (κ2) is 5.75. The molecule has 0 spiro atoms. The molecule has 0 radical (unpaired) electrons. The monoisotopic (exact) mass is 299 g/mol. The second-order valence-electron chi connectivity index (χ2n) is 4.74. The van der Waals surface area contributed by atoms with Crippen molar-refractivity contribution in [3.8, 4) is 0 Å². The van der Waals surface area contributed by atoms with E-state index in [4.69, 9.17) is 5.84 Å². The van der Waals surface area contributed by atoms with Gasteiger partial charge in [-0.15, -0.1) is 0 Å². The number of rotatable bonds is 4. The van der Waals surface area contributed by atoms with Gasteiger partial charge in [-0.2, -0.15) is 0 Å². The number of nitrogens with zero attached hydrogens (tertiary/aromatic N) is 2. The molecular weight excluding hydrogens is 282 g/mol. The maximum absolute atomic E-state index is 5.54. The number of aromatic nitrogens is 3. The molecule has 0 atom stereocenters. The van der Waals surface area contributed by atoms with Crippen LogP contribution in [0.4, 0.5) is 5.82 Å². The maximum atomic E-state index is 5.54. The molecule has 3 rings (SSSR count).